The Bertz CT molecular complexity index is 599. The van der Waals surface area contributed by atoms with Crippen molar-refractivity contribution in [3.63, 3.8) is 0 Å². The van der Waals surface area contributed by atoms with Crippen LogP contribution < -0.4 is 11.1 Å². The molecule has 6 heteroatoms. The van der Waals surface area contributed by atoms with Gasteiger partial charge in [0.1, 0.15) is 0 Å². The van der Waals surface area contributed by atoms with Crippen molar-refractivity contribution in [2.75, 3.05) is 13.1 Å². The van der Waals surface area contributed by atoms with E-state index in [0.717, 1.165) is 12.0 Å². The van der Waals surface area contributed by atoms with Crippen molar-refractivity contribution < 1.29 is 14.3 Å². The zero-order valence-corrected chi connectivity index (χ0v) is 9.73. The number of aliphatic carboxylic acids is 1. The van der Waals surface area contributed by atoms with Crippen LogP contribution in [0.2, 0.25) is 0 Å². The Morgan fingerprint density at radius 2 is 2.22 bits per heavy atom. The number of H-pyrrole nitrogens is 1. The van der Waals surface area contributed by atoms with Gasteiger partial charge >= 0.3 is 11.7 Å². The number of carboxylic acid groups (broad SMARTS) is 1. The highest BCUT2D eigenvalue weighted by Gasteiger charge is 2.02. The van der Waals surface area contributed by atoms with Gasteiger partial charge in [0.05, 0.1) is 11.9 Å². The standard InChI is InChI=1S/C12H14N2O4/c15-11(16)4-6-13-5-3-8-1-2-9-10(7-8)18-12(17)14-9/h1-2,7,13H,3-6H2,(H,14,17)(H,15,16). The summed E-state index contributed by atoms with van der Waals surface area (Å²) in [7, 11) is 0. The normalized spacial score (nSPS) is 10.9. The van der Waals surface area contributed by atoms with Gasteiger partial charge in [-0.15, -0.1) is 0 Å². The molecule has 0 spiro atoms. The quantitative estimate of drug-likeness (QED) is 0.657. The van der Waals surface area contributed by atoms with E-state index in [-0.39, 0.29) is 6.42 Å². The second kappa shape index (κ2) is 5.50. The molecule has 2 rings (SSSR count). The van der Waals surface area contributed by atoms with Gasteiger partial charge in [0, 0.05) is 6.54 Å². The molecule has 0 fully saturated rings. The Balaban J connectivity index is 1.87. The van der Waals surface area contributed by atoms with E-state index in [1.54, 1.807) is 6.07 Å². The molecule has 3 N–H and O–H groups in total. The molecule has 1 aromatic heterocycles. The van der Waals surface area contributed by atoms with Crippen LogP contribution >= 0.6 is 0 Å². The zero-order chi connectivity index (χ0) is 13.0. The fourth-order valence-electron chi connectivity index (χ4n) is 1.70. The highest BCUT2D eigenvalue weighted by molar-refractivity contribution is 5.72. The lowest BCUT2D eigenvalue weighted by Gasteiger charge is -2.03. The van der Waals surface area contributed by atoms with Gasteiger partial charge in [-0.3, -0.25) is 9.78 Å². The number of rotatable bonds is 6. The van der Waals surface area contributed by atoms with Crippen LogP contribution in [-0.4, -0.2) is 29.1 Å². The lowest BCUT2D eigenvalue weighted by Crippen LogP contribution is -2.20. The summed E-state index contributed by atoms with van der Waals surface area (Å²) in [6, 6.07) is 5.52. The van der Waals surface area contributed by atoms with E-state index in [9.17, 15) is 9.59 Å². The van der Waals surface area contributed by atoms with Crippen LogP contribution in [0.1, 0.15) is 12.0 Å². The van der Waals surface area contributed by atoms with E-state index in [4.69, 9.17) is 9.52 Å². The molecule has 1 heterocycles. The first-order chi connectivity index (χ1) is 8.65. The summed E-state index contributed by atoms with van der Waals surface area (Å²) in [6.07, 6.45) is 0.871. The highest BCUT2D eigenvalue weighted by Crippen LogP contribution is 2.12. The Morgan fingerprint density at radius 3 is 3.00 bits per heavy atom. The maximum atomic E-state index is 11.0. The molecule has 0 atom stereocenters. The fraction of sp³-hybridized carbons (Fsp3) is 0.333. The molecule has 1 aromatic carbocycles. The van der Waals surface area contributed by atoms with Gasteiger partial charge in [0.15, 0.2) is 5.58 Å². The van der Waals surface area contributed by atoms with E-state index in [1.165, 1.54) is 0 Å². The molecule has 18 heavy (non-hydrogen) atoms. The Morgan fingerprint density at radius 1 is 1.39 bits per heavy atom. The maximum absolute atomic E-state index is 11.0. The molecule has 0 amide bonds. The molecule has 0 aliphatic rings. The molecule has 0 radical (unpaired) electrons. The SMILES string of the molecule is O=C(O)CCNCCc1ccc2[nH]c(=O)oc2c1. The predicted octanol–water partition coefficient (Wildman–Crippen LogP) is 0.728. The third-order valence-corrected chi connectivity index (χ3v) is 2.59. The lowest BCUT2D eigenvalue weighted by atomic mass is 10.1. The van der Waals surface area contributed by atoms with Crippen LogP contribution in [0.15, 0.2) is 27.4 Å². The molecule has 6 nitrogen and oxygen atoms in total. The molecule has 0 aliphatic carbocycles. The number of benzene rings is 1. The first kappa shape index (κ1) is 12.4. The number of aromatic amines is 1. The van der Waals surface area contributed by atoms with Crippen molar-refractivity contribution in [3.05, 3.63) is 34.3 Å². The summed E-state index contributed by atoms with van der Waals surface area (Å²) in [4.78, 5) is 23.8. The summed E-state index contributed by atoms with van der Waals surface area (Å²) in [5.74, 6) is -1.26. The lowest BCUT2D eigenvalue weighted by molar-refractivity contribution is -0.136. The summed E-state index contributed by atoms with van der Waals surface area (Å²) >= 11 is 0. The summed E-state index contributed by atoms with van der Waals surface area (Å²) in [5.41, 5.74) is 2.26. The number of aromatic nitrogens is 1. The molecular weight excluding hydrogens is 236 g/mol. The third-order valence-electron chi connectivity index (χ3n) is 2.59. The minimum absolute atomic E-state index is 0.117. The Hall–Kier alpha value is -2.08. The fourth-order valence-corrected chi connectivity index (χ4v) is 1.70. The van der Waals surface area contributed by atoms with Crippen molar-refractivity contribution in [2.24, 2.45) is 0 Å². The minimum Gasteiger partial charge on any atom is -0.481 e. The van der Waals surface area contributed by atoms with Gasteiger partial charge in [0.2, 0.25) is 0 Å². The molecular formula is C12H14N2O4. The summed E-state index contributed by atoms with van der Waals surface area (Å²) in [6.45, 7) is 1.14. The highest BCUT2D eigenvalue weighted by atomic mass is 16.4. The number of oxazole rings is 1. The van der Waals surface area contributed by atoms with Crippen LogP contribution in [0.25, 0.3) is 11.1 Å². The van der Waals surface area contributed by atoms with Crippen molar-refractivity contribution in [3.8, 4) is 0 Å². The van der Waals surface area contributed by atoms with Gasteiger partial charge in [-0.1, -0.05) is 6.07 Å². The van der Waals surface area contributed by atoms with Crippen molar-refractivity contribution in [2.45, 2.75) is 12.8 Å². The first-order valence-corrected chi connectivity index (χ1v) is 5.69. The van der Waals surface area contributed by atoms with E-state index in [0.29, 0.717) is 24.2 Å². The number of nitrogens with one attached hydrogen (secondary N) is 2. The first-order valence-electron chi connectivity index (χ1n) is 5.69. The average molecular weight is 250 g/mol. The van der Waals surface area contributed by atoms with Gasteiger partial charge in [-0.2, -0.15) is 0 Å². The smallest absolute Gasteiger partial charge is 0.417 e. The average Bonchev–Trinajstić information content (AvgIpc) is 2.67. The zero-order valence-electron chi connectivity index (χ0n) is 9.73. The largest absolute Gasteiger partial charge is 0.481 e. The van der Waals surface area contributed by atoms with E-state index in [1.807, 2.05) is 12.1 Å². The van der Waals surface area contributed by atoms with E-state index in [2.05, 4.69) is 10.3 Å². The van der Waals surface area contributed by atoms with Crippen LogP contribution in [0, 0.1) is 0 Å². The summed E-state index contributed by atoms with van der Waals surface area (Å²) in [5, 5.41) is 11.5. The number of fused-ring (bicyclic) bond motifs is 1. The molecule has 0 bridgehead atoms. The van der Waals surface area contributed by atoms with Gasteiger partial charge in [-0.25, -0.2) is 4.79 Å². The van der Waals surface area contributed by atoms with Gasteiger partial charge in [0.25, 0.3) is 0 Å². The molecule has 0 saturated heterocycles. The summed E-state index contributed by atoms with van der Waals surface area (Å²) < 4.78 is 4.96. The topological polar surface area (TPSA) is 95.3 Å². The monoisotopic (exact) mass is 250 g/mol. The Kier molecular flexibility index (Phi) is 3.78. The van der Waals surface area contributed by atoms with E-state index >= 15 is 0 Å². The maximum Gasteiger partial charge on any atom is 0.417 e. The van der Waals surface area contributed by atoms with Crippen LogP contribution in [-0.2, 0) is 11.2 Å². The van der Waals surface area contributed by atoms with Crippen LogP contribution in [0.3, 0.4) is 0 Å². The van der Waals surface area contributed by atoms with Crippen molar-refractivity contribution >= 4 is 17.1 Å². The number of hydrogen-bond donors (Lipinski definition) is 3. The van der Waals surface area contributed by atoms with Crippen LogP contribution in [0.5, 0.6) is 0 Å². The van der Waals surface area contributed by atoms with Gasteiger partial charge < -0.3 is 14.8 Å². The second-order valence-corrected chi connectivity index (χ2v) is 3.99. The Labute approximate surface area is 103 Å². The minimum atomic E-state index is -0.807. The van der Waals surface area contributed by atoms with Gasteiger partial charge in [-0.05, 0) is 30.7 Å². The van der Waals surface area contributed by atoms with Crippen molar-refractivity contribution in [1.29, 1.82) is 0 Å². The molecule has 0 saturated carbocycles. The molecule has 0 unspecified atom stereocenters. The molecule has 2 aromatic rings. The van der Waals surface area contributed by atoms with E-state index < -0.39 is 11.7 Å². The number of hydrogen-bond acceptors (Lipinski definition) is 4. The molecule has 96 valence electrons. The number of carboxylic acids is 1. The number of carbonyl (C=O) groups is 1. The predicted molar refractivity (Wildman–Crippen MR) is 65.7 cm³/mol. The molecule has 0 aliphatic heterocycles. The van der Waals surface area contributed by atoms with Crippen LogP contribution in [0.4, 0.5) is 0 Å². The second-order valence-electron chi connectivity index (χ2n) is 3.99. The van der Waals surface area contributed by atoms with Crippen molar-refractivity contribution in [1.82, 2.24) is 10.3 Å². The third kappa shape index (κ3) is 3.21.